The third-order valence-corrected chi connectivity index (χ3v) is 11.0. The second kappa shape index (κ2) is 10.2. The first-order chi connectivity index (χ1) is 19.9. The Labute approximate surface area is 246 Å². The van der Waals surface area contributed by atoms with Crippen LogP contribution in [-0.2, 0) is 22.4 Å². The highest BCUT2D eigenvalue weighted by molar-refractivity contribution is 7.28. The molecule has 41 heavy (non-hydrogen) atoms. The van der Waals surface area contributed by atoms with E-state index in [0.29, 0.717) is 0 Å². The molecule has 0 spiro atoms. The number of carbonyl (C=O) groups is 2. The van der Waals surface area contributed by atoms with Crippen LogP contribution >= 0.6 is 34.0 Å². The SMILES string of the molecule is O=C(O)Cc1cc(-c2ccc(-c3cc(CC(=O)O)c(-c4ccc5[nH]ccc5c4)s3)s2)sc1-c1ccc2[nH]ccc2c1. The minimum atomic E-state index is -0.861. The zero-order valence-electron chi connectivity index (χ0n) is 21.4. The highest BCUT2D eigenvalue weighted by atomic mass is 32.1. The Morgan fingerprint density at radius 2 is 1.02 bits per heavy atom. The summed E-state index contributed by atoms with van der Waals surface area (Å²) in [7, 11) is 0. The number of rotatable bonds is 8. The van der Waals surface area contributed by atoms with E-state index in [9.17, 15) is 19.8 Å². The normalized spacial score (nSPS) is 11.5. The topological polar surface area (TPSA) is 106 Å². The van der Waals surface area contributed by atoms with Crippen molar-refractivity contribution >= 4 is 67.8 Å². The summed E-state index contributed by atoms with van der Waals surface area (Å²) in [6.07, 6.45) is 3.70. The summed E-state index contributed by atoms with van der Waals surface area (Å²) < 4.78 is 0. The lowest BCUT2D eigenvalue weighted by molar-refractivity contribution is -0.137. The average Bonchev–Trinajstić information content (AvgIpc) is 3.76. The van der Waals surface area contributed by atoms with Crippen molar-refractivity contribution in [3.05, 3.63) is 96.3 Å². The summed E-state index contributed by atoms with van der Waals surface area (Å²) in [5, 5.41) is 21.4. The fourth-order valence-electron chi connectivity index (χ4n) is 5.17. The van der Waals surface area contributed by atoms with Crippen LogP contribution in [0.3, 0.4) is 0 Å². The summed E-state index contributed by atoms with van der Waals surface area (Å²) in [6.45, 7) is 0. The van der Waals surface area contributed by atoms with Gasteiger partial charge in [-0.1, -0.05) is 12.1 Å². The van der Waals surface area contributed by atoms with E-state index in [4.69, 9.17) is 0 Å². The maximum Gasteiger partial charge on any atom is 0.307 e. The van der Waals surface area contributed by atoms with E-state index in [-0.39, 0.29) is 12.8 Å². The zero-order chi connectivity index (χ0) is 28.1. The maximum atomic E-state index is 11.7. The third kappa shape index (κ3) is 4.88. The predicted molar refractivity (Wildman–Crippen MR) is 168 cm³/mol. The Hall–Kier alpha value is -4.44. The first-order valence-corrected chi connectivity index (χ1v) is 15.3. The van der Waals surface area contributed by atoms with Crippen LogP contribution in [0.1, 0.15) is 11.1 Å². The van der Waals surface area contributed by atoms with Gasteiger partial charge in [0.1, 0.15) is 0 Å². The molecule has 0 aliphatic rings. The van der Waals surface area contributed by atoms with Gasteiger partial charge in [-0.2, -0.15) is 0 Å². The number of hydrogen-bond donors (Lipinski definition) is 4. The van der Waals surface area contributed by atoms with Crippen molar-refractivity contribution < 1.29 is 19.8 Å². The molecule has 0 aliphatic carbocycles. The number of fused-ring (bicyclic) bond motifs is 2. The van der Waals surface area contributed by atoms with Gasteiger partial charge in [-0.25, -0.2) is 0 Å². The number of carboxylic acid groups (broad SMARTS) is 2. The molecule has 7 rings (SSSR count). The van der Waals surface area contributed by atoms with Crippen molar-refractivity contribution in [2.24, 2.45) is 0 Å². The molecule has 9 heteroatoms. The summed E-state index contributed by atoms with van der Waals surface area (Å²) in [5.74, 6) is -1.72. The molecule has 0 unspecified atom stereocenters. The Morgan fingerprint density at radius 1 is 0.561 bits per heavy atom. The number of carboxylic acids is 2. The fourth-order valence-corrected chi connectivity index (χ4v) is 8.69. The summed E-state index contributed by atoms with van der Waals surface area (Å²) >= 11 is 4.84. The van der Waals surface area contributed by atoms with Gasteiger partial charge in [-0.15, -0.1) is 34.0 Å². The molecule has 5 aromatic heterocycles. The number of benzene rings is 2. The van der Waals surface area contributed by atoms with E-state index >= 15 is 0 Å². The van der Waals surface area contributed by atoms with Gasteiger partial charge in [0.2, 0.25) is 0 Å². The van der Waals surface area contributed by atoms with Gasteiger partial charge in [0.05, 0.1) is 12.8 Å². The van der Waals surface area contributed by atoms with Gasteiger partial charge >= 0.3 is 11.9 Å². The van der Waals surface area contributed by atoms with Crippen LogP contribution in [-0.4, -0.2) is 32.1 Å². The molecule has 5 heterocycles. The number of H-pyrrole nitrogens is 2. The van der Waals surface area contributed by atoms with Crippen LogP contribution in [0.4, 0.5) is 0 Å². The van der Waals surface area contributed by atoms with Crippen molar-refractivity contribution in [3.63, 3.8) is 0 Å². The standard InChI is InChI=1S/C32H22N2O4S3/c35-29(36)15-21-13-27(40-31(21)19-1-3-23-17(11-19)7-9-33-23)25-5-6-26(39-25)28-14-22(16-30(37)38)32(41-28)20-2-4-24-18(12-20)8-10-34-24/h1-14,33-34H,15-16H2,(H,35,36)(H,37,38). The van der Waals surface area contributed by atoms with Gasteiger partial charge in [0.15, 0.2) is 0 Å². The largest absolute Gasteiger partial charge is 0.481 e. The number of hydrogen-bond acceptors (Lipinski definition) is 5. The van der Waals surface area contributed by atoms with Gasteiger partial charge in [-0.3, -0.25) is 9.59 Å². The van der Waals surface area contributed by atoms with Crippen LogP contribution in [0, 0.1) is 0 Å². The predicted octanol–water partition coefficient (Wildman–Crippen LogP) is 8.76. The van der Waals surface area contributed by atoms with E-state index in [1.165, 1.54) is 0 Å². The first kappa shape index (κ1) is 25.5. The number of nitrogens with one attached hydrogen (secondary N) is 2. The average molecular weight is 595 g/mol. The van der Waals surface area contributed by atoms with Crippen LogP contribution < -0.4 is 0 Å². The van der Waals surface area contributed by atoms with Crippen LogP contribution in [0.15, 0.2) is 85.2 Å². The van der Waals surface area contributed by atoms with Crippen LogP contribution in [0.25, 0.3) is 62.2 Å². The molecule has 0 saturated heterocycles. The summed E-state index contributed by atoms with van der Waals surface area (Å²) in [5.41, 5.74) is 5.68. The number of aromatic nitrogens is 2. The molecule has 0 saturated carbocycles. The number of aromatic amines is 2. The van der Waals surface area contributed by atoms with E-state index in [1.54, 1.807) is 34.0 Å². The zero-order valence-corrected chi connectivity index (χ0v) is 23.9. The maximum absolute atomic E-state index is 11.7. The monoisotopic (exact) mass is 594 g/mol. The van der Waals surface area contributed by atoms with E-state index in [2.05, 4.69) is 34.2 Å². The van der Waals surface area contributed by atoms with Crippen molar-refractivity contribution in [1.82, 2.24) is 9.97 Å². The molecule has 0 bridgehead atoms. The highest BCUT2D eigenvalue weighted by Crippen LogP contribution is 2.46. The molecule has 7 aromatic rings. The smallest absolute Gasteiger partial charge is 0.307 e. The van der Waals surface area contributed by atoms with Crippen LogP contribution in [0.5, 0.6) is 0 Å². The van der Waals surface area contributed by atoms with Crippen molar-refractivity contribution in [2.75, 3.05) is 0 Å². The van der Waals surface area contributed by atoms with Gasteiger partial charge < -0.3 is 20.2 Å². The lowest BCUT2D eigenvalue weighted by Crippen LogP contribution is -1.99. The Kier molecular flexibility index (Phi) is 6.34. The minimum absolute atomic E-state index is 0.0481. The molecule has 0 amide bonds. The quantitative estimate of drug-likeness (QED) is 0.141. The summed E-state index contributed by atoms with van der Waals surface area (Å²) in [4.78, 5) is 35.9. The summed E-state index contributed by atoms with van der Waals surface area (Å²) in [6, 6.07) is 24.4. The molecular weight excluding hydrogens is 573 g/mol. The van der Waals surface area contributed by atoms with Gasteiger partial charge in [-0.05, 0) is 93.7 Å². The molecular formula is C32H22N2O4S3. The van der Waals surface area contributed by atoms with E-state index in [1.807, 2.05) is 60.9 Å². The van der Waals surface area contributed by atoms with E-state index < -0.39 is 11.9 Å². The Morgan fingerprint density at radius 3 is 1.46 bits per heavy atom. The Balaban J connectivity index is 1.26. The fraction of sp³-hybridized carbons (Fsp3) is 0.0625. The molecule has 0 aliphatic heterocycles. The second-order valence-electron chi connectivity index (χ2n) is 9.79. The minimum Gasteiger partial charge on any atom is -0.481 e. The van der Waals surface area contributed by atoms with Gasteiger partial charge in [0.25, 0.3) is 0 Å². The van der Waals surface area contributed by atoms with Crippen molar-refractivity contribution in [3.8, 4) is 40.4 Å². The molecule has 0 atom stereocenters. The first-order valence-electron chi connectivity index (χ1n) is 12.9. The molecule has 4 N–H and O–H groups in total. The number of thiophene rings is 3. The van der Waals surface area contributed by atoms with Crippen molar-refractivity contribution in [1.29, 1.82) is 0 Å². The number of aliphatic carboxylic acids is 2. The highest BCUT2D eigenvalue weighted by Gasteiger charge is 2.19. The Bertz CT molecular complexity index is 1940. The lowest BCUT2D eigenvalue weighted by Gasteiger charge is -2.02. The van der Waals surface area contributed by atoms with Crippen molar-refractivity contribution in [2.45, 2.75) is 12.8 Å². The third-order valence-electron chi connectivity index (χ3n) is 7.02. The molecule has 2 aromatic carbocycles. The molecule has 0 fully saturated rings. The second-order valence-corrected chi connectivity index (χ2v) is 13.0. The molecule has 6 nitrogen and oxygen atoms in total. The van der Waals surface area contributed by atoms with E-state index in [0.717, 1.165) is 73.3 Å². The molecule has 202 valence electrons. The van der Waals surface area contributed by atoms with Gasteiger partial charge in [0, 0.05) is 52.7 Å². The lowest BCUT2D eigenvalue weighted by atomic mass is 10.1. The molecule has 0 radical (unpaired) electrons. The van der Waals surface area contributed by atoms with Crippen LogP contribution in [0.2, 0.25) is 0 Å².